The van der Waals surface area contributed by atoms with E-state index in [1.807, 2.05) is 6.92 Å². The number of pyridine rings is 1. The Kier molecular flexibility index (Phi) is 2.28. The second kappa shape index (κ2) is 3.33. The van der Waals surface area contributed by atoms with Crippen molar-refractivity contribution in [1.82, 2.24) is 9.71 Å². The monoisotopic (exact) mass is 212 g/mol. The molecule has 1 aromatic rings. The highest BCUT2D eigenvalue weighted by atomic mass is 32.2. The van der Waals surface area contributed by atoms with Gasteiger partial charge in [-0.3, -0.25) is 4.98 Å². The first-order chi connectivity index (χ1) is 6.59. The third-order valence-corrected chi connectivity index (χ3v) is 3.80. The standard InChI is InChI=1S/C9H12N2O2S/c1-7-5-8-9(3-2-4-10-8)14(12,13)11-6-7/h2-4,7,11H,5-6H2,1H3/t7-/m1/s1. The van der Waals surface area contributed by atoms with Gasteiger partial charge in [0.15, 0.2) is 0 Å². The molecule has 0 aliphatic carbocycles. The SMILES string of the molecule is C[C@H]1CNS(=O)(=O)c2cccnc2C1. The molecular weight excluding hydrogens is 200 g/mol. The maximum absolute atomic E-state index is 11.7. The van der Waals surface area contributed by atoms with Crippen molar-refractivity contribution in [3.05, 3.63) is 24.0 Å². The van der Waals surface area contributed by atoms with Gasteiger partial charge in [-0.25, -0.2) is 13.1 Å². The Labute approximate surface area is 83.4 Å². The minimum absolute atomic E-state index is 0.293. The van der Waals surface area contributed by atoms with Crippen molar-refractivity contribution >= 4 is 10.0 Å². The summed E-state index contributed by atoms with van der Waals surface area (Å²) < 4.78 is 25.9. The average Bonchev–Trinajstić information content (AvgIpc) is 2.25. The number of rotatable bonds is 0. The molecule has 0 radical (unpaired) electrons. The van der Waals surface area contributed by atoms with Gasteiger partial charge < -0.3 is 0 Å². The van der Waals surface area contributed by atoms with E-state index in [-0.39, 0.29) is 0 Å². The molecule has 1 aliphatic rings. The number of hydrogen-bond acceptors (Lipinski definition) is 3. The normalized spacial score (nSPS) is 25.1. The van der Waals surface area contributed by atoms with E-state index in [1.165, 1.54) is 0 Å². The van der Waals surface area contributed by atoms with E-state index in [2.05, 4.69) is 9.71 Å². The van der Waals surface area contributed by atoms with Gasteiger partial charge in [-0.05, 0) is 24.5 Å². The third-order valence-electron chi connectivity index (χ3n) is 2.30. The highest BCUT2D eigenvalue weighted by molar-refractivity contribution is 7.89. The first kappa shape index (κ1) is 9.61. The Hall–Kier alpha value is -0.940. The molecule has 1 aromatic heterocycles. The van der Waals surface area contributed by atoms with Crippen molar-refractivity contribution in [3.63, 3.8) is 0 Å². The van der Waals surface area contributed by atoms with Crippen LogP contribution in [0.2, 0.25) is 0 Å². The molecule has 0 saturated heterocycles. The summed E-state index contributed by atoms with van der Waals surface area (Å²) in [5, 5.41) is 0. The summed E-state index contributed by atoms with van der Waals surface area (Å²) >= 11 is 0. The highest BCUT2D eigenvalue weighted by Crippen LogP contribution is 2.19. The number of sulfonamides is 1. The van der Waals surface area contributed by atoms with Crippen LogP contribution in [0.25, 0.3) is 0 Å². The first-order valence-electron chi connectivity index (χ1n) is 4.53. The molecule has 2 heterocycles. The highest BCUT2D eigenvalue weighted by Gasteiger charge is 2.24. The second-order valence-corrected chi connectivity index (χ2v) is 5.34. The molecule has 0 unspecified atom stereocenters. The van der Waals surface area contributed by atoms with Gasteiger partial charge in [0.1, 0.15) is 4.90 Å². The molecule has 0 amide bonds. The van der Waals surface area contributed by atoms with E-state index in [0.717, 1.165) is 0 Å². The maximum atomic E-state index is 11.7. The summed E-state index contributed by atoms with van der Waals surface area (Å²) in [6, 6.07) is 3.25. The fourth-order valence-corrected chi connectivity index (χ4v) is 2.92. The van der Waals surface area contributed by atoms with E-state index in [0.29, 0.717) is 29.5 Å². The van der Waals surface area contributed by atoms with Crippen molar-refractivity contribution < 1.29 is 8.42 Å². The van der Waals surface area contributed by atoms with E-state index < -0.39 is 10.0 Å². The predicted molar refractivity (Wildman–Crippen MR) is 52.3 cm³/mol. The fraction of sp³-hybridized carbons (Fsp3) is 0.444. The zero-order valence-electron chi connectivity index (χ0n) is 7.90. The van der Waals surface area contributed by atoms with Crippen LogP contribution in [-0.4, -0.2) is 19.9 Å². The van der Waals surface area contributed by atoms with Crippen LogP contribution < -0.4 is 4.72 Å². The predicted octanol–water partition coefficient (Wildman–Crippen LogP) is 0.552. The topological polar surface area (TPSA) is 59.1 Å². The fourth-order valence-electron chi connectivity index (χ4n) is 1.55. The number of fused-ring (bicyclic) bond motifs is 1. The van der Waals surface area contributed by atoms with Gasteiger partial charge in [0.2, 0.25) is 10.0 Å². The van der Waals surface area contributed by atoms with E-state index in [9.17, 15) is 8.42 Å². The lowest BCUT2D eigenvalue weighted by molar-refractivity contribution is 0.549. The van der Waals surface area contributed by atoms with Crippen LogP contribution in [0.3, 0.4) is 0 Å². The molecule has 0 fully saturated rings. The van der Waals surface area contributed by atoms with Gasteiger partial charge in [-0.2, -0.15) is 0 Å². The van der Waals surface area contributed by atoms with Crippen molar-refractivity contribution in [2.45, 2.75) is 18.2 Å². The van der Waals surface area contributed by atoms with Crippen molar-refractivity contribution in [3.8, 4) is 0 Å². The summed E-state index contributed by atoms with van der Waals surface area (Å²) in [4.78, 5) is 4.43. The molecule has 5 heteroatoms. The Morgan fingerprint density at radius 3 is 3.14 bits per heavy atom. The Balaban J connectivity index is 2.58. The van der Waals surface area contributed by atoms with Crippen molar-refractivity contribution in [2.24, 2.45) is 5.92 Å². The Morgan fingerprint density at radius 2 is 2.36 bits per heavy atom. The number of nitrogens with one attached hydrogen (secondary N) is 1. The van der Waals surface area contributed by atoms with Crippen LogP contribution in [0, 0.1) is 5.92 Å². The van der Waals surface area contributed by atoms with E-state index >= 15 is 0 Å². The lowest BCUT2D eigenvalue weighted by atomic mass is 10.1. The molecule has 1 aliphatic heterocycles. The van der Waals surface area contributed by atoms with Crippen LogP contribution >= 0.6 is 0 Å². The van der Waals surface area contributed by atoms with Crippen LogP contribution in [0.5, 0.6) is 0 Å². The minimum Gasteiger partial charge on any atom is -0.260 e. The van der Waals surface area contributed by atoms with Crippen molar-refractivity contribution in [1.29, 1.82) is 0 Å². The maximum Gasteiger partial charge on any atom is 0.242 e. The summed E-state index contributed by atoms with van der Waals surface area (Å²) in [6.07, 6.45) is 2.34. The number of hydrogen-bond donors (Lipinski definition) is 1. The largest absolute Gasteiger partial charge is 0.260 e. The zero-order valence-corrected chi connectivity index (χ0v) is 8.71. The van der Waals surface area contributed by atoms with Gasteiger partial charge >= 0.3 is 0 Å². The molecule has 4 nitrogen and oxygen atoms in total. The zero-order chi connectivity index (χ0) is 10.2. The third kappa shape index (κ3) is 1.65. The molecule has 2 rings (SSSR count). The van der Waals surface area contributed by atoms with Gasteiger partial charge in [-0.15, -0.1) is 0 Å². The molecule has 1 atom stereocenters. The minimum atomic E-state index is -3.32. The Morgan fingerprint density at radius 1 is 1.57 bits per heavy atom. The van der Waals surface area contributed by atoms with Gasteiger partial charge in [-0.1, -0.05) is 6.92 Å². The average molecular weight is 212 g/mol. The quantitative estimate of drug-likeness (QED) is 0.683. The molecule has 0 aromatic carbocycles. The Bertz CT molecular complexity index is 442. The molecule has 14 heavy (non-hydrogen) atoms. The van der Waals surface area contributed by atoms with E-state index in [4.69, 9.17) is 0 Å². The summed E-state index contributed by atoms with van der Waals surface area (Å²) in [6.45, 7) is 2.49. The molecule has 76 valence electrons. The van der Waals surface area contributed by atoms with Gasteiger partial charge in [0.25, 0.3) is 0 Å². The molecular formula is C9H12N2O2S. The van der Waals surface area contributed by atoms with Crippen LogP contribution in [0.4, 0.5) is 0 Å². The number of nitrogens with zero attached hydrogens (tertiary/aromatic N) is 1. The summed E-state index contributed by atoms with van der Waals surface area (Å²) in [5.41, 5.74) is 0.671. The van der Waals surface area contributed by atoms with E-state index in [1.54, 1.807) is 18.3 Å². The number of aromatic nitrogens is 1. The molecule has 0 bridgehead atoms. The smallest absolute Gasteiger partial charge is 0.242 e. The molecule has 0 saturated carbocycles. The lowest BCUT2D eigenvalue weighted by Crippen LogP contribution is -2.26. The van der Waals surface area contributed by atoms with Gasteiger partial charge in [0, 0.05) is 12.7 Å². The first-order valence-corrected chi connectivity index (χ1v) is 6.01. The van der Waals surface area contributed by atoms with Crippen LogP contribution in [-0.2, 0) is 16.4 Å². The van der Waals surface area contributed by atoms with Crippen LogP contribution in [0.1, 0.15) is 12.6 Å². The molecule has 1 N–H and O–H groups in total. The van der Waals surface area contributed by atoms with Gasteiger partial charge in [0.05, 0.1) is 5.69 Å². The van der Waals surface area contributed by atoms with Crippen molar-refractivity contribution in [2.75, 3.05) is 6.54 Å². The summed E-state index contributed by atoms with van der Waals surface area (Å²) in [7, 11) is -3.32. The van der Waals surface area contributed by atoms with Crippen LogP contribution in [0.15, 0.2) is 23.2 Å². The summed E-state index contributed by atoms with van der Waals surface area (Å²) in [5.74, 6) is 0.293. The molecule has 0 spiro atoms. The lowest BCUT2D eigenvalue weighted by Gasteiger charge is -2.04. The second-order valence-electron chi connectivity index (χ2n) is 3.61.